The van der Waals surface area contributed by atoms with Crippen LogP contribution in [0.4, 0.5) is 5.82 Å². The number of benzene rings is 2. The summed E-state index contributed by atoms with van der Waals surface area (Å²) < 4.78 is 5.60. The minimum absolute atomic E-state index is 0.195. The second kappa shape index (κ2) is 8.57. The zero-order chi connectivity index (χ0) is 21.1. The molecule has 5 heteroatoms. The molecule has 0 aliphatic carbocycles. The van der Waals surface area contributed by atoms with E-state index in [1.807, 2.05) is 30.5 Å². The predicted molar refractivity (Wildman–Crippen MR) is 123 cm³/mol. The highest BCUT2D eigenvalue weighted by atomic mass is 16.5. The highest BCUT2D eigenvalue weighted by Crippen LogP contribution is 2.40. The first kappa shape index (κ1) is 20.0. The molecule has 154 valence electrons. The SMILES string of the molecule is CCN(CC)C(=N)c1cccc(-c2cnc3c(c2)C(c2ccccc2OC)CN3)c1. The van der Waals surface area contributed by atoms with E-state index in [9.17, 15) is 0 Å². The lowest BCUT2D eigenvalue weighted by Crippen LogP contribution is -2.30. The van der Waals surface area contributed by atoms with Gasteiger partial charge in [0.1, 0.15) is 17.4 Å². The molecule has 2 heterocycles. The van der Waals surface area contributed by atoms with Gasteiger partial charge >= 0.3 is 0 Å². The van der Waals surface area contributed by atoms with Gasteiger partial charge in [0, 0.05) is 54.0 Å². The summed E-state index contributed by atoms with van der Waals surface area (Å²) in [5.41, 5.74) is 5.41. The van der Waals surface area contributed by atoms with Crippen molar-refractivity contribution in [2.75, 3.05) is 32.1 Å². The van der Waals surface area contributed by atoms with Crippen LogP contribution in [-0.2, 0) is 0 Å². The average molecular weight is 401 g/mol. The second-order valence-corrected chi connectivity index (χ2v) is 7.44. The van der Waals surface area contributed by atoms with Crippen LogP contribution in [0.25, 0.3) is 11.1 Å². The Balaban J connectivity index is 1.70. The highest BCUT2D eigenvalue weighted by molar-refractivity contribution is 5.97. The lowest BCUT2D eigenvalue weighted by atomic mass is 9.91. The van der Waals surface area contributed by atoms with E-state index < -0.39 is 0 Å². The molecule has 1 aromatic heterocycles. The van der Waals surface area contributed by atoms with E-state index in [2.05, 4.69) is 54.4 Å². The maximum Gasteiger partial charge on any atom is 0.129 e. The van der Waals surface area contributed by atoms with Crippen molar-refractivity contribution in [3.63, 3.8) is 0 Å². The maximum absolute atomic E-state index is 8.54. The largest absolute Gasteiger partial charge is 0.496 e. The molecule has 1 atom stereocenters. The van der Waals surface area contributed by atoms with Crippen LogP contribution in [0, 0.1) is 5.41 Å². The Bertz CT molecular complexity index is 1060. The summed E-state index contributed by atoms with van der Waals surface area (Å²) in [5.74, 6) is 2.59. The number of pyridine rings is 1. The number of anilines is 1. The Morgan fingerprint density at radius 1 is 1.07 bits per heavy atom. The molecule has 1 unspecified atom stereocenters. The lowest BCUT2D eigenvalue weighted by Gasteiger charge is -2.22. The van der Waals surface area contributed by atoms with Gasteiger partial charge in [0.2, 0.25) is 0 Å². The average Bonchev–Trinajstić information content (AvgIpc) is 3.23. The molecule has 1 aliphatic heterocycles. The number of nitrogens with zero attached hydrogens (tertiary/aromatic N) is 2. The molecule has 0 saturated carbocycles. The molecule has 0 saturated heterocycles. The molecule has 4 rings (SSSR count). The van der Waals surface area contributed by atoms with Crippen LogP contribution < -0.4 is 10.1 Å². The molecule has 30 heavy (non-hydrogen) atoms. The van der Waals surface area contributed by atoms with Gasteiger partial charge in [-0.05, 0) is 37.6 Å². The normalized spacial score (nSPS) is 14.7. The first-order chi connectivity index (χ1) is 14.7. The number of ether oxygens (including phenoxy) is 1. The monoisotopic (exact) mass is 400 g/mol. The van der Waals surface area contributed by atoms with Gasteiger partial charge in [0.25, 0.3) is 0 Å². The zero-order valence-corrected chi connectivity index (χ0v) is 17.8. The van der Waals surface area contributed by atoms with Crippen molar-refractivity contribution in [1.82, 2.24) is 9.88 Å². The number of methoxy groups -OCH3 is 1. The van der Waals surface area contributed by atoms with Crippen LogP contribution in [0.15, 0.2) is 60.8 Å². The van der Waals surface area contributed by atoms with Crippen molar-refractivity contribution in [1.29, 1.82) is 5.41 Å². The van der Waals surface area contributed by atoms with E-state index in [1.54, 1.807) is 7.11 Å². The molecule has 0 radical (unpaired) electrons. The Morgan fingerprint density at radius 3 is 2.63 bits per heavy atom. The number of para-hydroxylation sites is 1. The first-order valence-corrected chi connectivity index (χ1v) is 10.5. The standard InChI is InChI=1S/C25H28N4O/c1-4-29(5-2)24(26)18-10-8-9-17(13-18)19-14-21-22(16-28-25(21)27-15-19)20-11-6-7-12-23(20)30-3/h6-15,22,26H,4-5,16H2,1-3H3,(H,27,28). The van der Waals surface area contributed by atoms with Crippen molar-refractivity contribution in [2.45, 2.75) is 19.8 Å². The van der Waals surface area contributed by atoms with E-state index >= 15 is 0 Å². The van der Waals surface area contributed by atoms with Gasteiger partial charge in [0.15, 0.2) is 0 Å². The summed E-state index contributed by atoms with van der Waals surface area (Å²) in [6.07, 6.45) is 1.91. The van der Waals surface area contributed by atoms with Gasteiger partial charge in [-0.1, -0.05) is 36.4 Å². The molecule has 0 spiro atoms. The van der Waals surface area contributed by atoms with Crippen molar-refractivity contribution in [3.05, 3.63) is 77.5 Å². The fraction of sp³-hybridized carbons (Fsp3) is 0.280. The number of fused-ring (bicyclic) bond motifs is 1. The van der Waals surface area contributed by atoms with Crippen LogP contribution in [0.3, 0.4) is 0 Å². The van der Waals surface area contributed by atoms with E-state index in [0.29, 0.717) is 5.84 Å². The molecule has 3 aromatic rings. The van der Waals surface area contributed by atoms with Crippen LogP contribution in [0.2, 0.25) is 0 Å². The van der Waals surface area contributed by atoms with Crippen molar-refractivity contribution < 1.29 is 4.74 Å². The Morgan fingerprint density at radius 2 is 1.87 bits per heavy atom. The lowest BCUT2D eigenvalue weighted by molar-refractivity contribution is 0.408. The summed E-state index contributed by atoms with van der Waals surface area (Å²) in [7, 11) is 1.72. The summed E-state index contributed by atoms with van der Waals surface area (Å²) in [6.45, 7) is 6.62. The number of hydrogen-bond donors (Lipinski definition) is 2. The fourth-order valence-corrected chi connectivity index (χ4v) is 4.16. The van der Waals surface area contributed by atoms with Crippen LogP contribution in [0.1, 0.15) is 36.5 Å². The molecule has 0 bridgehead atoms. The van der Waals surface area contributed by atoms with Crippen molar-refractivity contribution >= 4 is 11.7 Å². The van der Waals surface area contributed by atoms with Crippen LogP contribution >= 0.6 is 0 Å². The molecule has 1 aliphatic rings. The molecular weight excluding hydrogens is 372 g/mol. The van der Waals surface area contributed by atoms with Gasteiger partial charge in [-0.3, -0.25) is 5.41 Å². The topological polar surface area (TPSA) is 61.2 Å². The van der Waals surface area contributed by atoms with Gasteiger partial charge in [0.05, 0.1) is 7.11 Å². The van der Waals surface area contributed by atoms with E-state index in [0.717, 1.165) is 47.9 Å². The fourth-order valence-electron chi connectivity index (χ4n) is 4.16. The third kappa shape index (κ3) is 3.63. The third-order valence-corrected chi connectivity index (χ3v) is 5.83. The summed E-state index contributed by atoms with van der Waals surface area (Å²) in [4.78, 5) is 6.75. The van der Waals surface area contributed by atoms with Crippen molar-refractivity contribution in [3.8, 4) is 16.9 Å². The smallest absolute Gasteiger partial charge is 0.129 e. The molecule has 5 nitrogen and oxygen atoms in total. The Kier molecular flexibility index (Phi) is 5.70. The van der Waals surface area contributed by atoms with E-state index in [-0.39, 0.29) is 5.92 Å². The number of hydrogen-bond acceptors (Lipinski definition) is 4. The number of amidine groups is 1. The summed E-state index contributed by atoms with van der Waals surface area (Å²) in [5, 5.41) is 12.0. The molecule has 0 amide bonds. The molecule has 2 aromatic carbocycles. The van der Waals surface area contributed by atoms with Gasteiger partial charge in [-0.25, -0.2) is 4.98 Å². The summed E-state index contributed by atoms with van der Waals surface area (Å²) >= 11 is 0. The Hall–Kier alpha value is -3.34. The van der Waals surface area contributed by atoms with Gasteiger partial charge < -0.3 is 15.0 Å². The minimum Gasteiger partial charge on any atom is -0.496 e. The van der Waals surface area contributed by atoms with E-state index in [4.69, 9.17) is 15.1 Å². The van der Waals surface area contributed by atoms with E-state index in [1.165, 1.54) is 11.1 Å². The molecule has 0 fully saturated rings. The number of rotatable bonds is 6. The number of nitrogens with one attached hydrogen (secondary N) is 2. The molecular formula is C25H28N4O. The zero-order valence-electron chi connectivity index (χ0n) is 17.8. The second-order valence-electron chi connectivity index (χ2n) is 7.44. The first-order valence-electron chi connectivity index (χ1n) is 10.5. The quantitative estimate of drug-likeness (QED) is 0.452. The van der Waals surface area contributed by atoms with Crippen LogP contribution in [0.5, 0.6) is 5.75 Å². The maximum atomic E-state index is 8.54. The van der Waals surface area contributed by atoms with Gasteiger partial charge in [-0.15, -0.1) is 0 Å². The van der Waals surface area contributed by atoms with Gasteiger partial charge in [-0.2, -0.15) is 0 Å². The Labute approximate surface area is 178 Å². The summed E-state index contributed by atoms with van der Waals surface area (Å²) in [6, 6.07) is 18.6. The minimum atomic E-state index is 0.195. The number of aromatic nitrogens is 1. The molecule has 2 N–H and O–H groups in total. The third-order valence-electron chi connectivity index (χ3n) is 5.83. The highest BCUT2D eigenvalue weighted by Gasteiger charge is 2.27. The predicted octanol–water partition coefficient (Wildman–Crippen LogP) is 4.98. The van der Waals surface area contributed by atoms with Crippen LogP contribution in [-0.4, -0.2) is 42.5 Å². The van der Waals surface area contributed by atoms with Crippen molar-refractivity contribution in [2.24, 2.45) is 0 Å².